The van der Waals surface area contributed by atoms with Gasteiger partial charge in [0.25, 0.3) is 5.69 Å². The van der Waals surface area contributed by atoms with E-state index in [0.717, 1.165) is 5.56 Å². The lowest BCUT2D eigenvalue weighted by Crippen LogP contribution is -2.24. The van der Waals surface area contributed by atoms with Crippen LogP contribution in [0.15, 0.2) is 64.8 Å². The van der Waals surface area contributed by atoms with Gasteiger partial charge >= 0.3 is 0 Å². The van der Waals surface area contributed by atoms with E-state index < -0.39 is 11.0 Å². The lowest BCUT2D eigenvalue weighted by Gasteiger charge is -2.15. The second-order valence-corrected chi connectivity index (χ2v) is 5.07. The van der Waals surface area contributed by atoms with Crippen LogP contribution in [0.2, 0.25) is 0 Å². The summed E-state index contributed by atoms with van der Waals surface area (Å²) in [5.41, 5.74) is 1.40. The maximum atomic E-state index is 12.6. The second-order valence-electron chi connectivity index (χ2n) is 5.07. The molecular formula is C16H13N3O3. The first-order valence-corrected chi connectivity index (χ1v) is 6.87. The fourth-order valence-corrected chi connectivity index (χ4v) is 2.54. The molecule has 0 N–H and O–H groups in total. The maximum Gasteiger partial charge on any atom is 0.269 e. The van der Waals surface area contributed by atoms with Crippen LogP contribution in [0.1, 0.15) is 21.8 Å². The third-order valence-corrected chi connectivity index (χ3v) is 3.72. The van der Waals surface area contributed by atoms with Crippen molar-refractivity contribution in [2.45, 2.75) is 12.0 Å². The Morgan fingerprint density at radius 1 is 1.09 bits per heavy atom. The minimum absolute atomic E-state index is 0.0378. The Morgan fingerprint density at radius 3 is 2.41 bits per heavy atom. The molecule has 22 heavy (non-hydrogen) atoms. The smallest absolute Gasteiger partial charge is 0.269 e. The van der Waals surface area contributed by atoms with Gasteiger partial charge in [0.1, 0.15) is 6.04 Å². The van der Waals surface area contributed by atoms with Gasteiger partial charge < -0.3 is 0 Å². The van der Waals surface area contributed by atoms with E-state index in [-0.39, 0.29) is 17.4 Å². The molecule has 110 valence electrons. The highest BCUT2D eigenvalue weighted by Gasteiger charge is 2.33. The van der Waals surface area contributed by atoms with E-state index in [0.29, 0.717) is 12.1 Å². The lowest BCUT2D eigenvalue weighted by atomic mass is 9.88. The molecule has 1 heterocycles. The largest absolute Gasteiger partial charge is 0.292 e. The molecule has 0 saturated carbocycles. The van der Waals surface area contributed by atoms with Crippen molar-refractivity contribution >= 4 is 11.5 Å². The first-order chi connectivity index (χ1) is 10.7. The molecule has 6 nitrogen and oxygen atoms in total. The Morgan fingerprint density at radius 2 is 1.77 bits per heavy atom. The van der Waals surface area contributed by atoms with E-state index >= 15 is 0 Å². The number of nitrogens with zero attached hydrogens (tertiary/aromatic N) is 3. The van der Waals surface area contributed by atoms with Gasteiger partial charge in [-0.2, -0.15) is 10.2 Å². The number of non-ortho nitro benzene ring substituents is 1. The molecule has 0 unspecified atom stereocenters. The summed E-state index contributed by atoms with van der Waals surface area (Å²) in [4.78, 5) is 22.8. The van der Waals surface area contributed by atoms with Crippen molar-refractivity contribution in [3.05, 3.63) is 75.8 Å². The van der Waals surface area contributed by atoms with Crippen LogP contribution in [-0.2, 0) is 0 Å². The van der Waals surface area contributed by atoms with Gasteiger partial charge in [0.05, 0.1) is 11.5 Å². The standard InChI is InChI=1S/C16H13N3O3/c20-16(12-6-8-13(9-7-12)19(21)22)15-14(10-17-18-15)11-4-2-1-3-5-11/h1-9,14-15H,10H2/t14-,15+/m1/s1. The average molecular weight is 295 g/mol. The molecule has 0 spiro atoms. The van der Waals surface area contributed by atoms with Crippen molar-refractivity contribution in [3.8, 4) is 0 Å². The summed E-state index contributed by atoms with van der Waals surface area (Å²) in [5, 5.41) is 18.7. The molecule has 0 aliphatic carbocycles. The zero-order chi connectivity index (χ0) is 15.5. The highest BCUT2D eigenvalue weighted by atomic mass is 16.6. The molecule has 0 fully saturated rings. The van der Waals surface area contributed by atoms with Gasteiger partial charge in [-0.15, -0.1) is 0 Å². The van der Waals surface area contributed by atoms with E-state index in [9.17, 15) is 14.9 Å². The minimum Gasteiger partial charge on any atom is -0.292 e. The SMILES string of the molecule is O=C(c1ccc([N+](=O)[O-])cc1)[C@H]1N=NC[C@@H]1c1ccccc1. The zero-order valence-corrected chi connectivity index (χ0v) is 11.6. The van der Waals surface area contributed by atoms with Crippen molar-refractivity contribution in [1.82, 2.24) is 0 Å². The molecule has 1 aliphatic rings. The van der Waals surface area contributed by atoms with E-state index in [2.05, 4.69) is 10.2 Å². The predicted molar refractivity (Wildman–Crippen MR) is 80.1 cm³/mol. The Balaban J connectivity index is 1.84. The molecule has 3 rings (SSSR count). The molecule has 1 aliphatic heterocycles. The highest BCUT2D eigenvalue weighted by Crippen LogP contribution is 2.30. The molecule has 0 saturated heterocycles. The molecule has 0 amide bonds. The summed E-state index contributed by atoms with van der Waals surface area (Å²) in [7, 11) is 0. The van der Waals surface area contributed by atoms with E-state index in [1.807, 2.05) is 30.3 Å². The number of hydrogen-bond acceptors (Lipinski definition) is 5. The van der Waals surface area contributed by atoms with Crippen LogP contribution in [0.25, 0.3) is 0 Å². The molecule has 2 aromatic carbocycles. The normalized spacial score (nSPS) is 20.0. The summed E-state index contributed by atoms with van der Waals surface area (Å²) < 4.78 is 0. The monoisotopic (exact) mass is 295 g/mol. The summed E-state index contributed by atoms with van der Waals surface area (Å²) >= 11 is 0. The number of nitro benzene ring substituents is 1. The fourth-order valence-electron chi connectivity index (χ4n) is 2.54. The molecule has 6 heteroatoms. The maximum absolute atomic E-state index is 12.6. The van der Waals surface area contributed by atoms with Crippen molar-refractivity contribution in [3.63, 3.8) is 0 Å². The van der Waals surface area contributed by atoms with Gasteiger partial charge in [-0.3, -0.25) is 14.9 Å². The number of carbonyl (C=O) groups excluding carboxylic acids is 1. The first kappa shape index (κ1) is 14.1. The zero-order valence-electron chi connectivity index (χ0n) is 11.6. The van der Waals surface area contributed by atoms with Gasteiger partial charge in [-0.25, -0.2) is 0 Å². The Hall–Kier alpha value is -2.89. The van der Waals surface area contributed by atoms with Crippen LogP contribution < -0.4 is 0 Å². The summed E-state index contributed by atoms with van der Waals surface area (Å²) in [5.74, 6) is -0.242. The third-order valence-electron chi connectivity index (χ3n) is 3.72. The Labute approximate surface area is 126 Å². The van der Waals surface area contributed by atoms with Crippen molar-refractivity contribution in [1.29, 1.82) is 0 Å². The van der Waals surface area contributed by atoms with E-state index in [1.54, 1.807) is 0 Å². The number of benzene rings is 2. The average Bonchev–Trinajstić information content (AvgIpc) is 3.04. The van der Waals surface area contributed by atoms with Crippen molar-refractivity contribution in [2.75, 3.05) is 6.54 Å². The summed E-state index contributed by atoms with van der Waals surface area (Å²) in [6.45, 7) is 0.480. The highest BCUT2D eigenvalue weighted by molar-refractivity contribution is 6.01. The number of rotatable bonds is 4. The van der Waals surface area contributed by atoms with Crippen LogP contribution in [-0.4, -0.2) is 23.3 Å². The molecule has 0 radical (unpaired) electrons. The fraction of sp³-hybridized carbons (Fsp3) is 0.188. The number of hydrogen-bond donors (Lipinski definition) is 0. The van der Waals surface area contributed by atoms with Gasteiger partial charge in [0.2, 0.25) is 0 Å². The van der Waals surface area contributed by atoms with Gasteiger partial charge in [0, 0.05) is 23.6 Å². The van der Waals surface area contributed by atoms with Gasteiger partial charge in [-0.05, 0) is 17.7 Å². The predicted octanol–water partition coefficient (Wildman–Crippen LogP) is 3.40. The van der Waals surface area contributed by atoms with Gasteiger partial charge in [0.15, 0.2) is 5.78 Å². The minimum atomic E-state index is -0.566. The van der Waals surface area contributed by atoms with Crippen LogP contribution in [0, 0.1) is 10.1 Å². The summed E-state index contributed by atoms with van der Waals surface area (Å²) in [6, 6.07) is 14.7. The van der Waals surface area contributed by atoms with Crippen LogP contribution in [0.3, 0.4) is 0 Å². The number of Topliss-reactive ketones (excluding diaryl/α,β-unsaturated/α-hetero) is 1. The lowest BCUT2D eigenvalue weighted by molar-refractivity contribution is -0.384. The van der Waals surface area contributed by atoms with E-state index in [1.165, 1.54) is 24.3 Å². The van der Waals surface area contributed by atoms with Crippen molar-refractivity contribution < 1.29 is 9.72 Å². The third kappa shape index (κ3) is 2.63. The molecular weight excluding hydrogens is 282 g/mol. The molecule has 0 bridgehead atoms. The number of carbonyl (C=O) groups is 1. The molecule has 2 atom stereocenters. The van der Waals surface area contributed by atoms with E-state index in [4.69, 9.17) is 0 Å². The summed E-state index contributed by atoms with van der Waals surface area (Å²) in [6.07, 6.45) is 0. The first-order valence-electron chi connectivity index (χ1n) is 6.87. The van der Waals surface area contributed by atoms with Crippen LogP contribution in [0.4, 0.5) is 5.69 Å². The molecule has 2 aromatic rings. The second kappa shape index (κ2) is 5.85. The number of nitro groups is 1. The number of ketones is 1. The van der Waals surface area contributed by atoms with Gasteiger partial charge in [-0.1, -0.05) is 30.3 Å². The van der Waals surface area contributed by atoms with Crippen LogP contribution in [0.5, 0.6) is 0 Å². The molecule has 0 aromatic heterocycles. The topological polar surface area (TPSA) is 84.9 Å². The van der Waals surface area contributed by atoms with Crippen molar-refractivity contribution in [2.24, 2.45) is 10.2 Å². The number of azo groups is 1. The Kier molecular flexibility index (Phi) is 3.74. The Bertz CT molecular complexity index is 726. The van der Waals surface area contributed by atoms with Crippen LogP contribution >= 0.6 is 0 Å². The quantitative estimate of drug-likeness (QED) is 0.492.